The van der Waals surface area contributed by atoms with Gasteiger partial charge in [0.05, 0.1) is 13.5 Å². The van der Waals surface area contributed by atoms with E-state index < -0.39 is 0 Å². The van der Waals surface area contributed by atoms with E-state index in [1.54, 1.807) is 7.11 Å². The zero-order valence-electron chi connectivity index (χ0n) is 12.4. The SMILES string of the molecule is COc1ccc(CC(=O)NCCN2CCNCC2)cc1.Cl. The van der Waals surface area contributed by atoms with Gasteiger partial charge in [0.25, 0.3) is 0 Å². The van der Waals surface area contributed by atoms with Gasteiger partial charge in [-0.15, -0.1) is 12.4 Å². The molecule has 2 N–H and O–H groups in total. The van der Waals surface area contributed by atoms with Crippen LogP contribution in [0.1, 0.15) is 5.56 Å². The molecule has 1 heterocycles. The van der Waals surface area contributed by atoms with E-state index in [4.69, 9.17) is 4.74 Å². The van der Waals surface area contributed by atoms with Crippen LogP contribution < -0.4 is 15.4 Å². The Morgan fingerprint density at radius 2 is 1.95 bits per heavy atom. The predicted octanol–water partition coefficient (Wildman–Crippen LogP) is 0.681. The van der Waals surface area contributed by atoms with Gasteiger partial charge in [-0.05, 0) is 17.7 Å². The van der Waals surface area contributed by atoms with Crippen LogP contribution in [0.5, 0.6) is 5.75 Å². The van der Waals surface area contributed by atoms with Gasteiger partial charge in [0, 0.05) is 39.3 Å². The fourth-order valence-corrected chi connectivity index (χ4v) is 2.28. The number of rotatable bonds is 6. The highest BCUT2D eigenvalue weighted by atomic mass is 35.5. The lowest BCUT2D eigenvalue weighted by Crippen LogP contribution is -2.46. The number of piperazine rings is 1. The van der Waals surface area contributed by atoms with Crippen molar-refractivity contribution in [1.82, 2.24) is 15.5 Å². The minimum absolute atomic E-state index is 0. The van der Waals surface area contributed by atoms with Crippen molar-refractivity contribution < 1.29 is 9.53 Å². The lowest BCUT2D eigenvalue weighted by Gasteiger charge is -2.27. The number of benzene rings is 1. The average Bonchev–Trinajstić information content (AvgIpc) is 2.49. The molecule has 1 fully saturated rings. The molecule has 1 aromatic carbocycles. The number of hydrogen-bond donors (Lipinski definition) is 2. The van der Waals surface area contributed by atoms with Crippen molar-refractivity contribution in [3.63, 3.8) is 0 Å². The lowest BCUT2D eigenvalue weighted by atomic mass is 10.1. The zero-order valence-corrected chi connectivity index (χ0v) is 13.2. The summed E-state index contributed by atoms with van der Waals surface area (Å²) in [4.78, 5) is 14.2. The van der Waals surface area contributed by atoms with E-state index in [0.717, 1.165) is 50.6 Å². The Morgan fingerprint density at radius 3 is 2.57 bits per heavy atom. The van der Waals surface area contributed by atoms with Crippen LogP contribution in [0.3, 0.4) is 0 Å². The maximum atomic E-state index is 11.8. The summed E-state index contributed by atoms with van der Waals surface area (Å²) in [6.45, 7) is 5.85. The molecule has 1 amide bonds. The molecule has 6 heteroatoms. The third-order valence-electron chi connectivity index (χ3n) is 3.48. The van der Waals surface area contributed by atoms with Crippen LogP contribution in [0.15, 0.2) is 24.3 Å². The monoisotopic (exact) mass is 313 g/mol. The third-order valence-corrected chi connectivity index (χ3v) is 3.48. The largest absolute Gasteiger partial charge is 0.497 e. The van der Waals surface area contributed by atoms with Gasteiger partial charge < -0.3 is 15.4 Å². The first-order valence-corrected chi connectivity index (χ1v) is 7.10. The smallest absolute Gasteiger partial charge is 0.224 e. The highest BCUT2D eigenvalue weighted by Crippen LogP contribution is 2.11. The quantitative estimate of drug-likeness (QED) is 0.811. The molecule has 0 spiro atoms. The van der Waals surface area contributed by atoms with Crippen LogP contribution >= 0.6 is 12.4 Å². The molecule has 0 radical (unpaired) electrons. The van der Waals surface area contributed by atoms with E-state index in [0.29, 0.717) is 6.42 Å². The Morgan fingerprint density at radius 1 is 1.29 bits per heavy atom. The Bertz CT molecular complexity index is 419. The molecule has 2 rings (SSSR count). The van der Waals surface area contributed by atoms with Gasteiger partial charge in [0.1, 0.15) is 5.75 Å². The summed E-state index contributed by atoms with van der Waals surface area (Å²) in [5.41, 5.74) is 1.01. The van der Waals surface area contributed by atoms with E-state index in [1.807, 2.05) is 24.3 Å². The van der Waals surface area contributed by atoms with E-state index in [2.05, 4.69) is 15.5 Å². The summed E-state index contributed by atoms with van der Waals surface area (Å²) in [5.74, 6) is 0.887. The number of carbonyl (C=O) groups excluding carboxylic acids is 1. The Kier molecular flexibility index (Phi) is 8.12. The standard InChI is InChI=1S/C15H23N3O2.ClH/c1-20-14-4-2-13(3-5-14)12-15(19)17-8-11-18-9-6-16-7-10-18;/h2-5,16H,6-12H2,1H3,(H,17,19);1H. The van der Waals surface area contributed by atoms with Crippen LogP contribution in [0, 0.1) is 0 Å². The third kappa shape index (κ3) is 6.33. The molecule has 1 aromatic rings. The van der Waals surface area contributed by atoms with Gasteiger partial charge in [-0.25, -0.2) is 0 Å². The van der Waals surface area contributed by atoms with Crippen molar-refractivity contribution in [1.29, 1.82) is 0 Å². The van der Waals surface area contributed by atoms with Crippen LogP contribution in [0.4, 0.5) is 0 Å². The average molecular weight is 314 g/mol. The number of halogens is 1. The summed E-state index contributed by atoms with van der Waals surface area (Å²) in [6.07, 6.45) is 0.422. The second-order valence-corrected chi connectivity index (χ2v) is 4.97. The summed E-state index contributed by atoms with van der Waals surface area (Å²) in [7, 11) is 1.64. The molecule has 118 valence electrons. The Labute approximate surface area is 132 Å². The highest BCUT2D eigenvalue weighted by molar-refractivity contribution is 5.85. The Balaban J connectivity index is 0.00000220. The van der Waals surface area contributed by atoms with E-state index in [9.17, 15) is 4.79 Å². The molecule has 1 aliphatic heterocycles. The predicted molar refractivity (Wildman–Crippen MR) is 86.3 cm³/mol. The first-order chi connectivity index (χ1) is 9.78. The van der Waals surface area contributed by atoms with Gasteiger partial charge >= 0.3 is 0 Å². The number of carbonyl (C=O) groups is 1. The molecule has 0 saturated carbocycles. The molecule has 5 nitrogen and oxygen atoms in total. The molecule has 1 saturated heterocycles. The van der Waals surface area contributed by atoms with Gasteiger partial charge in [-0.1, -0.05) is 12.1 Å². The maximum Gasteiger partial charge on any atom is 0.224 e. The molecule has 21 heavy (non-hydrogen) atoms. The molecule has 0 aromatic heterocycles. The fourth-order valence-electron chi connectivity index (χ4n) is 2.28. The van der Waals surface area contributed by atoms with Crippen LogP contribution in [-0.4, -0.2) is 57.2 Å². The lowest BCUT2D eigenvalue weighted by molar-refractivity contribution is -0.120. The van der Waals surface area contributed by atoms with Crippen molar-refractivity contribution in [2.24, 2.45) is 0 Å². The molecule has 0 aliphatic carbocycles. The molecule has 0 atom stereocenters. The maximum absolute atomic E-state index is 11.8. The molecule has 0 bridgehead atoms. The van der Waals surface area contributed by atoms with E-state index >= 15 is 0 Å². The van der Waals surface area contributed by atoms with Gasteiger partial charge in [-0.2, -0.15) is 0 Å². The number of nitrogens with one attached hydrogen (secondary N) is 2. The van der Waals surface area contributed by atoms with Crippen molar-refractivity contribution in [2.75, 3.05) is 46.4 Å². The first kappa shape index (κ1) is 17.8. The van der Waals surface area contributed by atoms with Crippen LogP contribution in [0.2, 0.25) is 0 Å². The number of nitrogens with zero attached hydrogens (tertiary/aromatic N) is 1. The first-order valence-electron chi connectivity index (χ1n) is 7.10. The molecular weight excluding hydrogens is 290 g/mol. The second kappa shape index (κ2) is 9.60. The summed E-state index contributed by atoms with van der Waals surface area (Å²) < 4.78 is 5.10. The number of ether oxygens (including phenoxy) is 1. The van der Waals surface area contributed by atoms with Crippen molar-refractivity contribution >= 4 is 18.3 Å². The normalized spacial score (nSPS) is 15.1. The van der Waals surface area contributed by atoms with Gasteiger partial charge in [-0.3, -0.25) is 9.69 Å². The van der Waals surface area contributed by atoms with Crippen molar-refractivity contribution in [3.05, 3.63) is 29.8 Å². The Hall–Kier alpha value is -1.30. The number of amides is 1. The second-order valence-electron chi connectivity index (χ2n) is 4.97. The highest BCUT2D eigenvalue weighted by Gasteiger charge is 2.09. The molecule has 1 aliphatic rings. The summed E-state index contributed by atoms with van der Waals surface area (Å²) in [5, 5.41) is 6.29. The van der Waals surface area contributed by atoms with Gasteiger partial charge in [0.2, 0.25) is 5.91 Å². The molecular formula is C15H24ClN3O2. The fraction of sp³-hybridized carbons (Fsp3) is 0.533. The minimum atomic E-state index is 0. The summed E-state index contributed by atoms with van der Waals surface area (Å²) >= 11 is 0. The molecule has 0 unspecified atom stereocenters. The van der Waals surface area contributed by atoms with Crippen molar-refractivity contribution in [2.45, 2.75) is 6.42 Å². The number of hydrogen-bond acceptors (Lipinski definition) is 4. The van der Waals surface area contributed by atoms with E-state index in [-0.39, 0.29) is 18.3 Å². The van der Waals surface area contributed by atoms with E-state index in [1.165, 1.54) is 0 Å². The summed E-state index contributed by atoms with van der Waals surface area (Å²) in [6, 6.07) is 7.61. The van der Waals surface area contributed by atoms with Crippen LogP contribution in [0.25, 0.3) is 0 Å². The number of methoxy groups -OCH3 is 1. The minimum Gasteiger partial charge on any atom is -0.497 e. The van der Waals surface area contributed by atoms with Crippen molar-refractivity contribution in [3.8, 4) is 5.75 Å². The van der Waals surface area contributed by atoms with Crippen LogP contribution in [-0.2, 0) is 11.2 Å². The topological polar surface area (TPSA) is 53.6 Å². The van der Waals surface area contributed by atoms with Gasteiger partial charge in [0.15, 0.2) is 0 Å². The zero-order chi connectivity index (χ0) is 14.2.